The molecular weight excluding hydrogens is 515 g/mol. The van der Waals surface area contributed by atoms with E-state index >= 15 is 0 Å². The molecule has 0 aliphatic rings. The van der Waals surface area contributed by atoms with E-state index in [1.807, 2.05) is 6.92 Å². The number of hydrogen-bond acceptors (Lipinski definition) is 7. The molecule has 0 fully saturated rings. The molecule has 1 unspecified atom stereocenters. The van der Waals surface area contributed by atoms with Crippen molar-refractivity contribution in [3.05, 3.63) is 0 Å². The van der Waals surface area contributed by atoms with Crippen molar-refractivity contribution in [1.82, 2.24) is 0 Å². The van der Waals surface area contributed by atoms with Crippen LogP contribution in [0.15, 0.2) is 4.99 Å². The second kappa shape index (κ2) is 27.3. The highest BCUT2D eigenvalue weighted by Crippen LogP contribution is 2.37. The molecule has 0 amide bonds. The maximum Gasteiger partial charge on any atom is 0.470 e. The first-order chi connectivity index (χ1) is 18.0. The van der Waals surface area contributed by atoms with Crippen molar-refractivity contribution in [3.63, 3.8) is 0 Å². The molecule has 0 aromatic heterocycles. The number of carboxylic acids is 1. The number of hydrogen-bond donors (Lipinski definition) is 6. The highest BCUT2D eigenvalue weighted by atomic mass is 31.2. The van der Waals surface area contributed by atoms with Gasteiger partial charge in [0, 0.05) is 19.8 Å². The number of carbonyl (C=O) groups is 1. The molecule has 0 radical (unpaired) electrons. The number of aliphatic carboxylic acids is 1. The number of nitrogens with two attached hydrogens (primary N) is 3. The number of carboxylic acid groups (broad SMARTS) is 1. The number of nitrogens with zero attached hydrogens (tertiary/aromatic N) is 1. The molecule has 9 N–H and O–H groups in total. The summed E-state index contributed by atoms with van der Waals surface area (Å²) in [4.78, 5) is 31.7. The van der Waals surface area contributed by atoms with Crippen molar-refractivity contribution >= 4 is 19.8 Å². The van der Waals surface area contributed by atoms with E-state index in [1.165, 1.54) is 64.2 Å². The SMILES string of the molecule is CCCCCCCCCCCCCCOCC(COCC)OP(=O)(O)O.NC(N)=NCCC[C@H](N)C(=O)O. The fraction of sp³-hybridized carbons (Fsp3) is 0.920. The van der Waals surface area contributed by atoms with E-state index in [4.69, 9.17) is 41.6 Å². The predicted molar refractivity (Wildman–Crippen MR) is 151 cm³/mol. The van der Waals surface area contributed by atoms with Gasteiger partial charge in [0.25, 0.3) is 0 Å². The standard InChI is InChI=1S/C19H41O6P.C6H14N4O2/c1-3-5-6-7-8-9-10-11-12-13-14-15-16-24-18-19(17-23-4-2)25-26(20,21)22;7-4(5(11)12)2-1-3-10-6(8)9/h19H,3-18H2,1-2H3,(H2,20,21,22);4H,1-3,7H2,(H,11,12)(H4,8,9,10)/t;4-/m.0/s1. The maximum atomic E-state index is 10.9. The molecular formula is C25H55N4O8P. The Bertz CT molecular complexity index is 618. The van der Waals surface area contributed by atoms with Crippen LogP contribution >= 0.6 is 7.82 Å². The average molecular weight is 571 g/mol. The van der Waals surface area contributed by atoms with Crippen LogP contribution in [0.4, 0.5) is 0 Å². The van der Waals surface area contributed by atoms with Gasteiger partial charge >= 0.3 is 13.8 Å². The first kappa shape index (κ1) is 38.9. The highest BCUT2D eigenvalue weighted by Gasteiger charge is 2.22. The van der Waals surface area contributed by atoms with Gasteiger partial charge in [0.1, 0.15) is 12.1 Å². The molecule has 228 valence electrons. The Hall–Kier alpha value is -1.27. The van der Waals surface area contributed by atoms with Gasteiger partial charge in [-0.2, -0.15) is 0 Å². The summed E-state index contributed by atoms with van der Waals surface area (Å²) in [6.45, 7) is 5.82. The molecule has 0 aromatic carbocycles. The van der Waals surface area contributed by atoms with E-state index in [0.717, 1.165) is 12.8 Å². The third-order valence-electron chi connectivity index (χ3n) is 5.53. The smallest absolute Gasteiger partial charge is 0.470 e. The molecule has 0 spiro atoms. The number of phosphoric acid groups is 1. The van der Waals surface area contributed by atoms with Gasteiger partial charge in [0.05, 0.1) is 13.2 Å². The molecule has 0 heterocycles. The van der Waals surface area contributed by atoms with Crippen LogP contribution in [0.5, 0.6) is 0 Å². The molecule has 38 heavy (non-hydrogen) atoms. The fourth-order valence-corrected chi connectivity index (χ4v) is 3.97. The van der Waals surface area contributed by atoms with Crippen LogP contribution in [0, 0.1) is 0 Å². The fourth-order valence-electron chi connectivity index (χ4n) is 3.46. The van der Waals surface area contributed by atoms with E-state index < -0.39 is 25.9 Å². The number of guanidine groups is 1. The number of ether oxygens (including phenoxy) is 2. The molecule has 0 saturated carbocycles. The Labute approximate surface area is 229 Å². The Balaban J connectivity index is 0. The molecule has 0 aliphatic heterocycles. The lowest BCUT2D eigenvalue weighted by molar-refractivity contribution is -0.138. The zero-order valence-electron chi connectivity index (χ0n) is 23.6. The molecule has 12 nitrogen and oxygen atoms in total. The highest BCUT2D eigenvalue weighted by molar-refractivity contribution is 7.46. The van der Waals surface area contributed by atoms with Crippen LogP contribution in [-0.4, -0.2) is 71.9 Å². The van der Waals surface area contributed by atoms with E-state index in [0.29, 0.717) is 32.6 Å². The summed E-state index contributed by atoms with van der Waals surface area (Å²) in [5, 5.41) is 8.38. The zero-order valence-corrected chi connectivity index (χ0v) is 24.5. The minimum atomic E-state index is -4.51. The van der Waals surface area contributed by atoms with Crippen LogP contribution in [0.1, 0.15) is 104 Å². The van der Waals surface area contributed by atoms with Crippen molar-refractivity contribution in [3.8, 4) is 0 Å². The minimum absolute atomic E-state index is 0.0129. The van der Waals surface area contributed by atoms with Crippen LogP contribution < -0.4 is 17.2 Å². The van der Waals surface area contributed by atoms with Crippen molar-refractivity contribution in [2.24, 2.45) is 22.2 Å². The molecule has 0 bridgehead atoms. The lowest BCUT2D eigenvalue weighted by atomic mass is 10.1. The third kappa shape index (κ3) is 32.8. The maximum absolute atomic E-state index is 10.9. The van der Waals surface area contributed by atoms with Crippen molar-refractivity contribution < 1.29 is 38.3 Å². The molecule has 0 saturated heterocycles. The van der Waals surface area contributed by atoms with Gasteiger partial charge in [-0.05, 0) is 26.2 Å². The van der Waals surface area contributed by atoms with Crippen LogP contribution in [0.2, 0.25) is 0 Å². The molecule has 0 aromatic rings. The van der Waals surface area contributed by atoms with Gasteiger partial charge < -0.3 is 41.6 Å². The predicted octanol–water partition coefficient (Wildman–Crippen LogP) is 3.67. The summed E-state index contributed by atoms with van der Waals surface area (Å²) in [5.74, 6) is -0.987. The van der Waals surface area contributed by atoms with Gasteiger partial charge in [-0.1, -0.05) is 77.6 Å². The van der Waals surface area contributed by atoms with E-state index in [2.05, 4.69) is 16.4 Å². The van der Waals surface area contributed by atoms with Gasteiger partial charge in [-0.25, -0.2) is 4.57 Å². The second-order valence-corrected chi connectivity index (χ2v) is 10.4. The van der Waals surface area contributed by atoms with E-state index in [1.54, 1.807) is 0 Å². The Kier molecular flexibility index (Phi) is 27.9. The van der Waals surface area contributed by atoms with Crippen LogP contribution in [0.25, 0.3) is 0 Å². The van der Waals surface area contributed by atoms with Gasteiger partial charge in [0.2, 0.25) is 0 Å². The van der Waals surface area contributed by atoms with Crippen molar-refractivity contribution in [2.45, 2.75) is 116 Å². The normalized spacial score (nSPS) is 12.9. The summed E-state index contributed by atoms with van der Waals surface area (Å²) >= 11 is 0. The summed E-state index contributed by atoms with van der Waals surface area (Å²) in [5.41, 5.74) is 15.3. The van der Waals surface area contributed by atoms with Gasteiger partial charge in [-0.15, -0.1) is 0 Å². The van der Waals surface area contributed by atoms with Crippen molar-refractivity contribution in [1.29, 1.82) is 0 Å². The molecule has 0 rings (SSSR count). The van der Waals surface area contributed by atoms with E-state index in [-0.39, 0.29) is 19.2 Å². The summed E-state index contributed by atoms with van der Waals surface area (Å²) in [6.07, 6.45) is 15.7. The van der Waals surface area contributed by atoms with E-state index in [9.17, 15) is 9.36 Å². The third-order valence-corrected chi connectivity index (χ3v) is 6.10. The van der Waals surface area contributed by atoms with Crippen LogP contribution in [0.3, 0.4) is 0 Å². The van der Waals surface area contributed by atoms with Crippen molar-refractivity contribution in [2.75, 3.05) is 33.0 Å². The molecule has 0 aliphatic carbocycles. The Morgan fingerprint density at radius 3 is 1.79 bits per heavy atom. The largest absolute Gasteiger partial charge is 0.480 e. The Morgan fingerprint density at radius 1 is 0.842 bits per heavy atom. The summed E-state index contributed by atoms with van der Waals surface area (Å²) in [7, 11) is -4.51. The second-order valence-electron chi connectivity index (χ2n) is 9.24. The monoisotopic (exact) mass is 570 g/mol. The number of rotatable bonds is 25. The molecule has 13 heteroatoms. The first-order valence-electron chi connectivity index (χ1n) is 14.0. The summed E-state index contributed by atoms with van der Waals surface area (Å²) in [6, 6.07) is -0.820. The average Bonchev–Trinajstić information content (AvgIpc) is 2.84. The van der Waals surface area contributed by atoms with Crippen LogP contribution in [-0.2, 0) is 23.4 Å². The number of unbranched alkanes of at least 4 members (excludes halogenated alkanes) is 11. The lowest BCUT2D eigenvalue weighted by Crippen LogP contribution is -2.30. The quantitative estimate of drug-likeness (QED) is 0.0403. The number of phosphoric ester groups is 1. The number of aliphatic imine (C=N–C) groups is 1. The van der Waals surface area contributed by atoms with Gasteiger partial charge in [0.15, 0.2) is 5.96 Å². The zero-order chi connectivity index (χ0) is 29.1. The first-order valence-corrected chi connectivity index (χ1v) is 15.5. The minimum Gasteiger partial charge on any atom is -0.480 e. The lowest BCUT2D eigenvalue weighted by Gasteiger charge is -2.18. The summed E-state index contributed by atoms with van der Waals surface area (Å²) < 4.78 is 26.2. The topological polar surface area (TPSA) is 213 Å². The Morgan fingerprint density at radius 2 is 1.34 bits per heavy atom. The molecule has 2 atom stereocenters. The van der Waals surface area contributed by atoms with Gasteiger partial charge in [-0.3, -0.25) is 14.3 Å².